The van der Waals surface area contributed by atoms with E-state index in [1.807, 2.05) is 6.07 Å². The van der Waals surface area contributed by atoms with Crippen LogP contribution < -0.4 is 5.32 Å². The van der Waals surface area contributed by atoms with Gasteiger partial charge in [-0.25, -0.2) is 0 Å². The summed E-state index contributed by atoms with van der Waals surface area (Å²) in [6, 6.07) is 5.73. The highest BCUT2D eigenvalue weighted by Gasteiger charge is 2.20. The van der Waals surface area contributed by atoms with E-state index in [1.54, 1.807) is 17.9 Å². The molecule has 1 aromatic carbocycles. The van der Waals surface area contributed by atoms with Gasteiger partial charge in [-0.1, -0.05) is 11.6 Å². The van der Waals surface area contributed by atoms with Gasteiger partial charge in [0, 0.05) is 37.3 Å². The van der Waals surface area contributed by atoms with Crippen molar-refractivity contribution >= 4 is 23.2 Å². The lowest BCUT2D eigenvalue weighted by atomic mass is 10.1. The Labute approximate surface area is 125 Å². The maximum Gasteiger partial charge on any atom is 0.282 e. The molecule has 0 saturated heterocycles. The number of aryl methyl sites for hydroxylation is 1. The van der Waals surface area contributed by atoms with Crippen molar-refractivity contribution in [1.29, 1.82) is 0 Å². The highest BCUT2D eigenvalue weighted by Crippen LogP contribution is 2.22. The van der Waals surface area contributed by atoms with E-state index in [1.165, 1.54) is 18.2 Å². The fourth-order valence-corrected chi connectivity index (χ4v) is 2.02. The van der Waals surface area contributed by atoms with Gasteiger partial charge in [-0.2, -0.15) is 5.10 Å². The molecule has 1 heterocycles. The zero-order valence-corrected chi connectivity index (χ0v) is 12.0. The molecule has 8 heteroatoms. The molecule has 0 bridgehead atoms. The molecule has 110 valence electrons. The predicted octanol–water partition coefficient (Wildman–Crippen LogP) is 1.95. The summed E-state index contributed by atoms with van der Waals surface area (Å²) in [4.78, 5) is 22.3. The van der Waals surface area contributed by atoms with Crippen molar-refractivity contribution in [3.63, 3.8) is 0 Å². The molecule has 2 rings (SSSR count). The van der Waals surface area contributed by atoms with Crippen LogP contribution in [0, 0.1) is 10.1 Å². The lowest BCUT2D eigenvalue weighted by Gasteiger charge is -2.05. The summed E-state index contributed by atoms with van der Waals surface area (Å²) in [5.41, 5.74) is 0.515. The average molecular weight is 309 g/mol. The maximum absolute atomic E-state index is 12.0. The first-order valence-corrected chi connectivity index (χ1v) is 6.56. The van der Waals surface area contributed by atoms with E-state index in [4.69, 9.17) is 11.6 Å². The van der Waals surface area contributed by atoms with Crippen LogP contribution in [0.4, 0.5) is 5.69 Å². The Morgan fingerprint density at radius 3 is 2.86 bits per heavy atom. The molecule has 0 atom stereocenters. The SMILES string of the molecule is Cn1ccc(CCNC(=O)c2cc(Cl)ccc2[N+](=O)[O-])n1. The normalized spacial score (nSPS) is 10.4. The van der Waals surface area contributed by atoms with Gasteiger partial charge in [-0.05, 0) is 18.2 Å². The van der Waals surface area contributed by atoms with E-state index in [2.05, 4.69) is 10.4 Å². The number of rotatable bonds is 5. The third-order valence-electron chi connectivity index (χ3n) is 2.84. The minimum absolute atomic E-state index is 0.0477. The van der Waals surface area contributed by atoms with Gasteiger partial charge in [-0.3, -0.25) is 19.6 Å². The standard InChI is InChI=1S/C13H13ClN4O3/c1-17-7-5-10(16-17)4-6-15-13(19)11-8-9(14)2-3-12(11)18(20)21/h2-3,5,7-8H,4,6H2,1H3,(H,15,19). The average Bonchev–Trinajstić information content (AvgIpc) is 2.84. The van der Waals surface area contributed by atoms with Crippen molar-refractivity contribution in [2.45, 2.75) is 6.42 Å². The first kappa shape index (κ1) is 15.0. The van der Waals surface area contributed by atoms with E-state index < -0.39 is 10.8 Å². The molecule has 0 fully saturated rings. The largest absolute Gasteiger partial charge is 0.351 e. The summed E-state index contributed by atoms with van der Waals surface area (Å²) in [5.74, 6) is -0.528. The number of hydrogen-bond acceptors (Lipinski definition) is 4. The Hall–Kier alpha value is -2.41. The number of nitro groups is 1. The highest BCUT2D eigenvalue weighted by atomic mass is 35.5. The molecule has 1 aromatic heterocycles. The highest BCUT2D eigenvalue weighted by molar-refractivity contribution is 6.31. The Morgan fingerprint density at radius 2 is 2.24 bits per heavy atom. The molecule has 1 amide bonds. The van der Waals surface area contributed by atoms with Crippen LogP contribution in [0.15, 0.2) is 30.5 Å². The molecule has 0 spiro atoms. The third kappa shape index (κ3) is 3.79. The minimum atomic E-state index is -0.607. The van der Waals surface area contributed by atoms with E-state index in [-0.39, 0.29) is 16.3 Å². The van der Waals surface area contributed by atoms with Crippen molar-refractivity contribution in [2.75, 3.05) is 6.54 Å². The zero-order valence-electron chi connectivity index (χ0n) is 11.2. The monoisotopic (exact) mass is 308 g/mol. The quantitative estimate of drug-likeness (QED) is 0.675. The molecule has 7 nitrogen and oxygen atoms in total. The number of nitrogens with one attached hydrogen (secondary N) is 1. The van der Waals surface area contributed by atoms with Gasteiger partial charge in [-0.15, -0.1) is 0 Å². The van der Waals surface area contributed by atoms with E-state index in [0.717, 1.165) is 5.69 Å². The predicted molar refractivity (Wildman–Crippen MR) is 77.4 cm³/mol. The number of carbonyl (C=O) groups is 1. The summed E-state index contributed by atoms with van der Waals surface area (Å²) < 4.78 is 1.67. The first-order valence-electron chi connectivity index (χ1n) is 6.18. The second-order valence-electron chi connectivity index (χ2n) is 4.41. The number of carbonyl (C=O) groups excluding carboxylic acids is 1. The van der Waals surface area contributed by atoms with E-state index in [0.29, 0.717) is 13.0 Å². The van der Waals surface area contributed by atoms with Crippen LogP contribution >= 0.6 is 11.6 Å². The summed E-state index contributed by atoms with van der Waals surface area (Å²) in [6.45, 7) is 0.333. The number of benzene rings is 1. The van der Waals surface area contributed by atoms with E-state index in [9.17, 15) is 14.9 Å². The summed E-state index contributed by atoms with van der Waals surface area (Å²) in [6.07, 6.45) is 2.35. The van der Waals surface area contributed by atoms with Crippen LogP contribution in [0.3, 0.4) is 0 Å². The van der Waals surface area contributed by atoms with Crippen molar-refractivity contribution in [3.05, 3.63) is 56.9 Å². The fourth-order valence-electron chi connectivity index (χ4n) is 1.85. The van der Waals surface area contributed by atoms with Gasteiger partial charge >= 0.3 is 0 Å². The van der Waals surface area contributed by atoms with Crippen LogP contribution in [0.5, 0.6) is 0 Å². The molecule has 21 heavy (non-hydrogen) atoms. The fraction of sp³-hybridized carbons (Fsp3) is 0.231. The summed E-state index contributed by atoms with van der Waals surface area (Å²) in [5, 5.41) is 18.0. The number of halogens is 1. The minimum Gasteiger partial charge on any atom is -0.351 e. The zero-order chi connectivity index (χ0) is 15.4. The van der Waals surface area contributed by atoms with Crippen LogP contribution in [0.25, 0.3) is 0 Å². The van der Waals surface area contributed by atoms with Crippen LogP contribution in [-0.2, 0) is 13.5 Å². The molecule has 0 saturated carbocycles. The second kappa shape index (κ2) is 6.36. The van der Waals surface area contributed by atoms with Crippen molar-refractivity contribution < 1.29 is 9.72 Å². The Morgan fingerprint density at radius 1 is 1.48 bits per heavy atom. The van der Waals surface area contributed by atoms with Crippen molar-refractivity contribution in [1.82, 2.24) is 15.1 Å². The van der Waals surface area contributed by atoms with Gasteiger partial charge in [0.2, 0.25) is 0 Å². The summed E-state index contributed by atoms with van der Waals surface area (Å²) >= 11 is 5.78. The number of aromatic nitrogens is 2. The van der Waals surface area contributed by atoms with Crippen LogP contribution in [-0.4, -0.2) is 27.2 Å². The van der Waals surface area contributed by atoms with Crippen LogP contribution in [0.2, 0.25) is 5.02 Å². The number of nitrogens with zero attached hydrogens (tertiary/aromatic N) is 3. The number of hydrogen-bond donors (Lipinski definition) is 1. The van der Waals surface area contributed by atoms with Gasteiger partial charge in [0.25, 0.3) is 11.6 Å². The van der Waals surface area contributed by atoms with Gasteiger partial charge in [0.15, 0.2) is 0 Å². The van der Waals surface area contributed by atoms with Crippen molar-refractivity contribution in [2.24, 2.45) is 7.05 Å². The topological polar surface area (TPSA) is 90.1 Å². The molecular weight excluding hydrogens is 296 g/mol. The molecule has 0 aliphatic carbocycles. The molecule has 1 N–H and O–H groups in total. The number of nitro benzene ring substituents is 1. The van der Waals surface area contributed by atoms with Gasteiger partial charge < -0.3 is 5.32 Å². The molecule has 0 unspecified atom stereocenters. The molecule has 2 aromatic rings. The maximum atomic E-state index is 12.0. The Bertz CT molecular complexity index is 684. The van der Waals surface area contributed by atoms with Gasteiger partial charge in [0.1, 0.15) is 5.56 Å². The Balaban J connectivity index is 2.03. The molecule has 0 aliphatic heterocycles. The molecule has 0 radical (unpaired) electrons. The smallest absolute Gasteiger partial charge is 0.282 e. The first-order chi connectivity index (χ1) is 9.97. The number of amides is 1. The Kier molecular flexibility index (Phi) is 4.54. The van der Waals surface area contributed by atoms with Crippen molar-refractivity contribution in [3.8, 4) is 0 Å². The molecule has 0 aliphatic rings. The third-order valence-corrected chi connectivity index (χ3v) is 3.07. The van der Waals surface area contributed by atoms with E-state index >= 15 is 0 Å². The lowest BCUT2D eigenvalue weighted by molar-refractivity contribution is -0.385. The lowest BCUT2D eigenvalue weighted by Crippen LogP contribution is -2.26. The molecular formula is C13H13ClN4O3. The summed E-state index contributed by atoms with van der Waals surface area (Å²) in [7, 11) is 1.80. The second-order valence-corrected chi connectivity index (χ2v) is 4.84. The van der Waals surface area contributed by atoms with Gasteiger partial charge in [0.05, 0.1) is 10.6 Å². The van der Waals surface area contributed by atoms with Crippen LogP contribution in [0.1, 0.15) is 16.1 Å².